The molecule has 2 aliphatic rings. The van der Waals surface area contributed by atoms with Crippen LogP contribution < -0.4 is 11.1 Å². The Morgan fingerprint density at radius 1 is 1.42 bits per heavy atom. The van der Waals surface area contributed by atoms with E-state index in [1.54, 1.807) is 0 Å². The summed E-state index contributed by atoms with van der Waals surface area (Å²) in [4.78, 5) is 14.2. The van der Waals surface area contributed by atoms with E-state index in [-0.39, 0.29) is 18.1 Å². The molecular weight excluding hydrogens is 242 g/mol. The molecule has 0 aromatic heterocycles. The lowest BCUT2D eigenvalue weighted by Gasteiger charge is -2.34. The smallest absolute Gasteiger partial charge is 0.234 e. The molecule has 0 aromatic carbocycles. The van der Waals surface area contributed by atoms with Crippen molar-refractivity contribution in [3.05, 3.63) is 0 Å². The third kappa shape index (κ3) is 4.75. The molecule has 2 atom stereocenters. The Kier molecular flexibility index (Phi) is 5.60. The second kappa shape index (κ2) is 7.22. The predicted octanol–water partition coefficient (Wildman–Crippen LogP) is 0.483. The minimum Gasteiger partial charge on any atom is -0.374 e. The summed E-state index contributed by atoms with van der Waals surface area (Å²) in [5, 5.41) is 3.16. The molecule has 1 saturated heterocycles. The number of hydrogen-bond donors (Lipinski definition) is 2. The van der Waals surface area contributed by atoms with Gasteiger partial charge in [-0.25, -0.2) is 0 Å². The maximum Gasteiger partial charge on any atom is 0.234 e. The summed E-state index contributed by atoms with van der Waals surface area (Å²) in [5.74, 6) is 0.150. The first-order chi connectivity index (χ1) is 9.15. The van der Waals surface area contributed by atoms with Crippen molar-refractivity contribution >= 4 is 5.91 Å². The van der Waals surface area contributed by atoms with Gasteiger partial charge in [0.15, 0.2) is 0 Å². The van der Waals surface area contributed by atoms with Crippen molar-refractivity contribution in [2.75, 3.05) is 26.2 Å². The van der Waals surface area contributed by atoms with Crippen molar-refractivity contribution < 1.29 is 9.53 Å². The van der Waals surface area contributed by atoms with Gasteiger partial charge < -0.3 is 15.8 Å². The molecule has 19 heavy (non-hydrogen) atoms. The van der Waals surface area contributed by atoms with Crippen LogP contribution >= 0.6 is 0 Å². The lowest BCUT2D eigenvalue weighted by atomic mass is 9.95. The summed E-state index contributed by atoms with van der Waals surface area (Å²) in [7, 11) is 0. The highest BCUT2D eigenvalue weighted by molar-refractivity contribution is 5.78. The van der Waals surface area contributed by atoms with Crippen molar-refractivity contribution in [3.8, 4) is 0 Å². The largest absolute Gasteiger partial charge is 0.374 e. The van der Waals surface area contributed by atoms with Gasteiger partial charge >= 0.3 is 0 Å². The van der Waals surface area contributed by atoms with E-state index in [0.717, 1.165) is 25.9 Å². The number of carbonyl (C=O) groups is 1. The Hall–Kier alpha value is -0.650. The minimum atomic E-state index is 0.0178. The summed E-state index contributed by atoms with van der Waals surface area (Å²) in [6, 6.07) is 0.413. The molecule has 5 nitrogen and oxygen atoms in total. The quantitative estimate of drug-likeness (QED) is 0.779. The van der Waals surface area contributed by atoms with E-state index >= 15 is 0 Å². The van der Waals surface area contributed by atoms with Crippen molar-refractivity contribution in [3.63, 3.8) is 0 Å². The number of nitrogens with two attached hydrogens (primary N) is 1. The second-order valence-electron chi connectivity index (χ2n) is 5.91. The molecule has 1 amide bonds. The van der Waals surface area contributed by atoms with Gasteiger partial charge in [0, 0.05) is 25.2 Å². The first-order valence-corrected chi connectivity index (χ1v) is 7.54. The molecule has 5 heteroatoms. The van der Waals surface area contributed by atoms with E-state index < -0.39 is 0 Å². The molecule has 1 heterocycles. The number of nitrogens with zero attached hydrogens (tertiary/aromatic N) is 1. The maximum atomic E-state index is 12.0. The molecular formula is C14H27N3O2. The van der Waals surface area contributed by atoms with Gasteiger partial charge in [0.1, 0.15) is 0 Å². The summed E-state index contributed by atoms with van der Waals surface area (Å²) < 4.78 is 5.60. The molecule has 1 aliphatic carbocycles. The van der Waals surface area contributed by atoms with Crippen molar-refractivity contribution in [1.82, 2.24) is 10.2 Å². The highest BCUT2D eigenvalue weighted by Crippen LogP contribution is 2.17. The summed E-state index contributed by atoms with van der Waals surface area (Å²) in [6.45, 7) is 4.68. The molecule has 2 fully saturated rings. The molecule has 0 aromatic rings. The highest BCUT2D eigenvalue weighted by Gasteiger charge is 2.25. The Morgan fingerprint density at radius 3 is 2.84 bits per heavy atom. The molecule has 1 aliphatic heterocycles. The van der Waals surface area contributed by atoms with E-state index in [1.165, 1.54) is 19.3 Å². The molecule has 0 bridgehead atoms. The predicted molar refractivity (Wildman–Crippen MR) is 74.8 cm³/mol. The Morgan fingerprint density at radius 2 is 2.16 bits per heavy atom. The number of morpholine rings is 1. The molecule has 3 N–H and O–H groups in total. The van der Waals surface area contributed by atoms with Crippen LogP contribution in [0.2, 0.25) is 0 Å². The monoisotopic (exact) mass is 269 g/mol. The number of carbonyl (C=O) groups excluding carboxylic acids is 1. The first kappa shape index (κ1) is 14.8. The zero-order chi connectivity index (χ0) is 13.7. The highest BCUT2D eigenvalue weighted by atomic mass is 16.5. The average Bonchev–Trinajstić information content (AvgIpc) is 2.40. The fourth-order valence-electron chi connectivity index (χ4n) is 2.92. The summed E-state index contributed by atoms with van der Waals surface area (Å²) >= 11 is 0. The van der Waals surface area contributed by atoms with Gasteiger partial charge in [0.2, 0.25) is 5.91 Å². The molecule has 0 radical (unpaired) electrons. The van der Waals surface area contributed by atoms with Gasteiger partial charge in [0.25, 0.3) is 0 Å². The number of amides is 1. The van der Waals surface area contributed by atoms with Gasteiger partial charge in [-0.05, 0) is 19.8 Å². The lowest BCUT2D eigenvalue weighted by molar-refractivity contribution is -0.125. The standard InChI is InChI=1S/C14H27N3O2/c1-11(15)13-9-17(7-8-19-13)10-14(18)16-12-5-3-2-4-6-12/h11-13H,2-10,15H2,1H3,(H,16,18). The van der Waals surface area contributed by atoms with Crippen molar-refractivity contribution in [1.29, 1.82) is 0 Å². The third-order valence-electron chi connectivity index (χ3n) is 4.10. The maximum absolute atomic E-state index is 12.0. The SMILES string of the molecule is CC(N)C1CN(CC(=O)NC2CCCCC2)CCO1. The van der Waals surface area contributed by atoms with Crippen LogP contribution in [-0.2, 0) is 9.53 Å². The normalized spacial score (nSPS) is 28.0. The summed E-state index contributed by atoms with van der Waals surface area (Å²) in [6.07, 6.45) is 6.13. The molecule has 110 valence electrons. The van der Waals surface area contributed by atoms with Crippen LogP contribution in [0.1, 0.15) is 39.0 Å². The molecule has 2 unspecified atom stereocenters. The van der Waals surface area contributed by atoms with Gasteiger partial charge in [-0.1, -0.05) is 19.3 Å². The number of ether oxygens (including phenoxy) is 1. The first-order valence-electron chi connectivity index (χ1n) is 7.54. The van der Waals surface area contributed by atoms with Gasteiger partial charge in [0.05, 0.1) is 19.3 Å². The molecule has 1 saturated carbocycles. The second-order valence-corrected chi connectivity index (χ2v) is 5.91. The number of rotatable bonds is 4. The minimum absolute atomic E-state index is 0.0178. The van der Waals surface area contributed by atoms with Crippen molar-refractivity contribution in [2.45, 2.75) is 57.2 Å². The van der Waals surface area contributed by atoms with Crippen LogP contribution in [0.5, 0.6) is 0 Å². The summed E-state index contributed by atoms with van der Waals surface area (Å²) in [5.41, 5.74) is 5.86. The van der Waals surface area contributed by atoms with E-state index in [0.29, 0.717) is 19.2 Å². The van der Waals surface area contributed by atoms with E-state index in [4.69, 9.17) is 10.5 Å². The Bertz CT molecular complexity index is 290. The number of hydrogen-bond acceptors (Lipinski definition) is 4. The van der Waals surface area contributed by atoms with Crippen LogP contribution in [0.25, 0.3) is 0 Å². The van der Waals surface area contributed by atoms with E-state index in [9.17, 15) is 4.79 Å². The zero-order valence-electron chi connectivity index (χ0n) is 11.9. The van der Waals surface area contributed by atoms with Crippen LogP contribution in [0.3, 0.4) is 0 Å². The average molecular weight is 269 g/mol. The van der Waals surface area contributed by atoms with Gasteiger partial charge in [-0.15, -0.1) is 0 Å². The van der Waals surface area contributed by atoms with E-state index in [2.05, 4.69) is 10.2 Å². The van der Waals surface area contributed by atoms with Crippen LogP contribution in [0, 0.1) is 0 Å². The lowest BCUT2D eigenvalue weighted by Crippen LogP contribution is -2.52. The molecule has 2 rings (SSSR count). The van der Waals surface area contributed by atoms with Crippen LogP contribution in [0.4, 0.5) is 0 Å². The third-order valence-corrected chi connectivity index (χ3v) is 4.10. The molecule has 0 spiro atoms. The number of nitrogens with one attached hydrogen (secondary N) is 1. The Balaban J connectivity index is 1.72. The fourth-order valence-corrected chi connectivity index (χ4v) is 2.92. The zero-order valence-corrected chi connectivity index (χ0v) is 11.9. The van der Waals surface area contributed by atoms with E-state index in [1.807, 2.05) is 6.92 Å². The van der Waals surface area contributed by atoms with Crippen LogP contribution in [0.15, 0.2) is 0 Å². The fraction of sp³-hybridized carbons (Fsp3) is 0.929. The van der Waals surface area contributed by atoms with Gasteiger partial charge in [-0.3, -0.25) is 9.69 Å². The topological polar surface area (TPSA) is 67.6 Å². The van der Waals surface area contributed by atoms with Gasteiger partial charge in [-0.2, -0.15) is 0 Å². The Labute approximate surface area is 115 Å². The van der Waals surface area contributed by atoms with Crippen LogP contribution in [-0.4, -0.2) is 55.2 Å². The van der Waals surface area contributed by atoms with Crippen molar-refractivity contribution in [2.24, 2.45) is 5.73 Å².